The van der Waals surface area contributed by atoms with E-state index in [-0.39, 0.29) is 17.0 Å². The van der Waals surface area contributed by atoms with Crippen molar-refractivity contribution in [2.24, 2.45) is 5.73 Å². The van der Waals surface area contributed by atoms with Gasteiger partial charge in [0.2, 0.25) is 5.91 Å². The van der Waals surface area contributed by atoms with Crippen molar-refractivity contribution in [2.75, 3.05) is 5.32 Å². The van der Waals surface area contributed by atoms with Crippen molar-refractivity contribution >= 4 is 17.5 Å². The summed E-state index contributed by atoms with van der Waals surface area (Å²) in [7, 11) is 0. The van der Waals surface area contributed by atoms with Gasteiger partial charge in [-0.05, 0) is 43.3 Å². The van der Waals surface area contributed by atoms with E-state index in [2.05, 4.69) is 5.32 Å². The molecule has 0 bridgehead atoms. The van der Waals surface area contributed by atoms with Crippen molar-refractivity contribution < 1.29 is 27.5 Å². The van der Waals surface area contributed by atoms with E-state index in [0.717, 1.165) is 12.1 Å². The first-order chi connectivity index (χ1) is 11.7. The van der Waals surface area contributed by atoms with E-state index in [1.165, 1.54) is 43.3 Å². The van der Waals surface area contributed by atoms with E-state index in [0.29, 0.717) is 0 Å². The average molecular weight is 352 g/mol. The summed E-state index contributed by atoms with van der Waals surface area (Å²) in [4.78, 5) is 23.1. The number of amides is 2. The summed E-state index contributed by atoms with van der Waals surface area (Å²) < 4.78 is 44.2. The first-order valence-corrected chi connectivity index (χ1v) is 7.22. The Bertz CT molecular complexity index is 773. The van der Waals surface area contributed by atoms with Gasteiger partial charge in [0, 0.05) is 5.56 Å². The SMILES string of the molecule is C[C@@H](Oc1ccc(C(N)=O)cc1)C(=O)Nc1ccccc1C(F)(F)F. The van der Waals surface area contributed by atoms with Crippen molar-refractivity contribution in [3.8, 4) is 5.75 Å². The Hall–Kier alpha value is -3.03. The van der Waals surface area contributed by atoms with Crippen LogP contribution in [0.25, 0.3) is 0 Å². The number of anilines is 1. The van der Waals surface area contributed by atoms with Crippen molar-refractivity contribution in [1.82, 2.24) is 0 Å². The minimum Gasteiger partial charge on any atom is -0.481 e. The third kappa shape index (κ3) is 4.72. The highest BCUT2D eigenvalue weighted by molar-refractivity contribution is 5.95. The molecule has 0 aliphatic carbocycles. The van der Waals surface area contributed by atoms with Gasteiger partial charge < -0.3 is 15.8 Å². The molecule has 0 aliphatic heterocycles. The van der Waals surface area contributed by atoms with E-state index < -0.39 is 29.7 Å². The molecule has 0 saturated carbocycles. The lowest BCUT2D eigenvalue weighted by Gasteiger charge is -2.17. The number of primary amides is 1. The lowest BCUT2D eigenvalue weighted by molar-refractivity contribution is -0.137. The van der Waals surface area contributed by atoms with Gasteiger partial charge in [-0.25, -0.2) is 0 Å². The van der Waals surface area contributed by atoms with E-state index in [4.69, 9.17) is 10.5 Å². The van der Waals surface area contributed by atoms with Crippen LogP contribution in [0.1, 0.15) is 22.8 Å². The Morgan fingerprint density at radius 2 is 1.68 bits per heavy atom. The monoisotopic (exact) mass is 352 g/mol. The van der Waals surface area contributed by atoms with E-state index in [9.17, 15) is 22.8 Å². The molecule has 5 nitrogen and oxygen atoms in total. The van der Waals surface area contributed by atoms with Gasteiger partial charge in [0.15, 0.2) is 6.10 Å². The molecule has 2 aromatic rings. The van der Waals surface area contributed by atoms with Crippen LogP contribution < -0.4 is 15.8 Å². The van der Waals surface area contributed by atoms with Gasteiger partial charge in [0.25, 0.3) is 5.91 Å². The zero-order valence-electron chi connectivity index (χ0n) is 13.1. The molecule has 0 aromatic heterocycles. The predicted molar refractivity (Wildman–Crippen MR) is 85.1 cm³/mol. The molecule has 1 atom stereocenters. The minimum absolute atomic E-state index is 0.267. The number of benzene rings is 2. The number of para-hydroxylation sites is 1. The van der Waals surface area contributed by atoms with Crippen LogP contribution in [0.15, 0.2) is 48.5 Å². The second-order valence-electron chi connectivity index (χ2n) is 5.18. The molecule has 2 amide bonds. The third-order valence-electron chi connectivity index (χ3n) is 3.31. The van der Waals surface area contributed by atoms with E-state index in [1.807, 2.05) is 0 Å². The maximum absolute atomic E-state index is 12.9. The Morgan fingerprint density at radius 3 is 2.24 bits per heavy atom. The largest absolute Gasteiger partial charge is 0.481 e. The van der Waals surface area contributed by atoms with Crippen LogP contribution in [0.5, 0.6) is 5.75 Å². The lowest BCUT2D eigenvalue weighted by atomic mass is 10.1. The topological polar surface area (TPSA) is 81.4 Å². The molecule has 0 spiro atoms. The number of nitrogens with one attached hydrogen (secondary N) is 1. The quantitative estimate of drug-likeness (QED) is 0.867. The number of rotatable bonds is 5. The van der Waals surface area contributed by atoms with Gasteiger partial charge in [-0.15, -0.1) is 0 Å². The number of alkyl halides is 3. The van der Waals surface area contributed by atoms with Crippen molar-refractivity contribution in [1.29, 1.82) is 0 Å². The molecule has 0 radical (unpaired) electrons. The summed E-state index contributed by atoms with van der Waals surface area (Å²) in [5.41, 5.74) is 4.09. The number of nitrogens with two attached hydrogens (primary N) is 1. The molecule has 0 unspecified atom stereocenters. The summed E-state index contributed by atoms with van der Waals surface area (Å²) >= 11 is 0. The molecule has 0 aliphatic rings. The predicted octanol–water partition coefficient (Wildman–Crippen LogP) is 3.21. The summed E-state index contributed by atoms with van der Waals surface area (Å²) in [5, 5.41) is 2.21. The zero-order chi connectivity index (χ0) is 18.6. The Labute approximate surface area is 141 Å². The lowest BCUT2D eigenvalue weighted by Crippen LogP contribution is -2.31. The van der Waals surface area contributed by atoms with E-state index in [1.54, 1.807) is 0 Å². The van der Waals surface area contributed by atoms with Gasteiger partial charge in [-0.3, -0.25) is 9.59 Å². The molecule has 132 valence electrons. The molecule has 0 saturated heterocycles. The summed E-state index contributed by atoms with van der Waals surface area (Å²) in [6.45, 7) is 1.40. The van der Waals surface area contributed by atoms with Crippen LogP contribution in [0.3, 0.4) is 0 Å². The highest BCUT2D eigenvalue weighted by Gasteiger charge is 2.34. The van der Waals surface area contributed by atoms with Crippen LogP contribution in [-0.4, -0.2) is 17.9 Å². The molecule has 0 heterocycles. The normalized spacial score (nSPS) is 12.3. The van der Waals surface area contributed by atoms with Gasteiger partial charge in [-0.2, -0.15) is 13.2 Å². The Balaban J connectivity index is 2.07. The Morgan fingerprint density at radius 1 is 1.08 bits per heavy atom. The van der Waals surface area contributed by atoms with Crippen molar-refractivity contribution in [3.63, 3.8) is 0 Å². The van der Waals surface area contributed by atoms with Gasteiger partial charge in [0.05, 0.1) is 11.3 Å². The van der Waals surface area contributed by atoms with Crippen LogP contribution >= 0.6 is 0 Å². The number of carbonyl (C=O) groups excluding carboxylic acids is 2. The highest BCUT2D eigenvalue weighted by Crippen LogP contribution is 2.34. The maximum Gasteiger partial charge on any atom is 0.418 e. The molecule has 2 rings (SSSR count). The van der Waals surface area contributed by atoms with Gasteiger partial charge >= 0.3 is 6.18 Å². The van der Waals surface area contributed by atoms with Crippen LogP contribution in [-0.2, 0) is 11.0 Å². The van der Waals surface area contributed by atoms with Crippen molar-refractivity contribution in [3.05, 3.63) is 59.7 Å². The molecule has 3 N–H and O–H groups in total. The summed E-state index contributed by atoms with van der Waals surface area (Å²) in [5.74, 6) is -1.08. The van der Waals surface area contributed by atoms with Crippen LogP contribution in [0, 0.1) is 0 Å². The number of halogens is 3. The number of ether oxygens (including phenoxy) is 1. The van der Waals surface area contributed by atoms with Crippen molar-refractivity contribution in [2.45, 2.75) is 19.2 Å². The third-order valence-corrected chi connectivity index (χ3v) is 3.31. The smallest absolute Gasteiger partial charge is 0.418 e. The fourth-order valence-corrected chi connectivity index (χ4v) is 2.03. The fraction of sp³-hybridized carbons (Fsp3) is 0.176. The molecule has 25 heavy (non-hydrogen) atoms. The Kier molecular flexibility index (Phi) is 5.31. The first-order valence-electron chi connectivity index (χ1n) is 7.22. The number of carbonyl (C=O) groups is 2. The molecule has 8 heteroatoms. The summed E-state index contributed by atoms with van der Waals surface area (Å²) in [6.07, 6.45) is -5.64. The van der Waals surface area contributed by atoms with Crippen LogP contribution in [0.2, 0.25) is 0 Å². The minimum atomic E-state index is -4.58. The average Bonchev–Trinajstić information content (AvgIpc) is 2.54. The second-order valence-corrected chi connectivity index (χ2v) is 5.18. The zero-order valence-corrected chi connectivity index (χ0v) is 13.1. The second kappa shape index (κ2) is 7.25. The first kappa shape index (κ1) is 18.3. The molecule has 2 aromatic carbocycles. The van der Waals surface area contributed by atoms with E-state index >= 15 is 0 Å². The summed E-state index contributed by atoms with van der Waals surface area (Å²) in [6, 6.07) is 10.4. The maximum atomic E-state index is 12.9. The molecular weight excluding hydrogens is 337 g/mol. The standard InChI is InChI=1S/C17H15F3N2O3/c1-10(25-12-8-6-11(7-9-12)15(21)23)16(24)22-14-5-3-2-4-13(14)17(18,19)20/h2-10H,1H3,(H2,21,23)(H,22,24)/t10-/m1/s1. The highest BCUT2D eigenvalue weighted by atomic mass is 19.4. The molecular formula is C17H15F3N2O3. The fourth-order valence-electron chi connectivity index (χ4n) is 2.03. The molecule has 0 fully saturated rings. The number of hydrogen-bond donors (Lipinski definition) is 2. The van der Waals surface area contributed by atoms with Gasteiger partial charge in [0.1, 0.15) is 5.75 Å². The number of hydrogen-bond acceptors (Lipinski definition) is 3. The van der Waals surface area contributed by atoms with Gasteiger partial charge in [-0.1, -0.05) is 12.1 Å². The van der Waals surface area contributed by atoms with Crippen LogP contribution in [0.4, 0.5) is 18.9 Å².